The van der Waals surface area contributed by atoms with Gasteiger partial charge in [-0.05, 0) is 38.0 Å². The van der Waals surface area contributed by atoms with Crippen LogP contribution in [0.2, 0.25) is 0 Å². The van der Waals surface area contributed by atoms with Crippen LogP contribution in [0.15, 0.2) is 18.2 Å². The predicted molar refractivity (Wildman–Crippen MR) is 82.5 cm³/mol. The molecule has 0 aliphatic carbocycles. The smallest absolute Gasteiger partial charge is 0.307 e. The van der Waals surface area contributed by atoms with Crippen LogP contribution in [0.4, 0.5) is 8.78 Å². The first-order chi connectivity index (χ1) is 11.5. The zero-order chi connectivity index (χ0) is 17.5. The Hall–Kier alpha value is -2.02. The van der Waals surface area contributed by atoms with E-state index in [0.717, 1.165) is 25.0 Å². The van der Waals surface area contributed by atoms with E-state index in [1.807, 2.05) is 0 Å². The number of benzene rings is 1. The highest BCUT2D eigenvalue weighted by molar-refractivity contribution is 5.94. The molecule has 5 nitrogen and oxygen atoms in total. The number of halogens is 2. The van der Waals surface area contributed by atoms with Gasteiger partial charge in [-0.1, -0.05) is 0 Å². The molecule has 0 saturated carbocycles. The molecule has 1 aromatic rings. The van der Waals surface area contributed by atoms with E-state index in [1.54, 1.807) is 6.92 Å². The molecule has 1 aromatic carbocycles. The summed E-state index contributed by atoms with van der Waals surface area (Å²) < 4.78 is 36.8. The molecule has 1 unspecified atom stereocenters. The molecule has 1 saturated heterocycles. The fraction of sp³-hybridized carbons (Fsp3) is 0.529. The van der Waals surface area contributed by atoms with E-state index in [4.69, 9.17) is 9.47 Å². The lowest BCUT2D eigenvalue weighted by atomic mass is 10.1. The second-order valence-corrected chi connectivity index (χ2v) is 5.57. The van der Waals surface area contributed by atoms with Crippen molar-refractivity contribution in [1.29, 1.82) is 0 Å². The first-order valence-electron chi connectivity index (χ1n) is 8.02. The van der Waals surface area contributed by atoms with Crippen LogP contribution in [0, 0.1) is 11.6 Å². The number of hydrogen-bond donors (Lipinski definition) is 0. The quantitative estimate of drug-likeness (QED) is 0.715. The maximum absolute atomic E-state index is 13.4. The van der Waals surface area contributed by atoms with Gasteiger partial charge >= 0.3 is 5.97 Å². The largest absolute Gasteiger partial charge is 0.466 e. The predicted octanol–water partition coefficient (Wildman–Crippen LogP) is 2.54. The van der Waals surface area contributed by atoms with Gasteiger partial charge in [-0.2, -0.15) is 0 Å². The molecule has 7 heteroatoms. The highest BCUT2D eigenvalue weighted by Gasteiger charge is 2.24. The van der Waals surface area contributed by atoms with Crippen molar-refractivity contribution >= 4 is 11.9 Å². The number of esters is 1. The number of hydrogen-bond acceptors (Lipinski definition) is 4. The van der Waals surface area contributed by atoms with E-state index in [0.29, 0.717) is 13.2 Å². The average molecular weight is 341 g/mol. The molecule has 24 heavy (non-hydrogen) atoms. The van der Waals surface area contributed by atoms with Gasteiger partial charge in [0, 0.05) is 25.3 Å². The van der Waals surface area contributed by atoms with Crippen LogP contribution >= 0.6 is 0 Å². The number of carbonyl (C=O) groups is 2. The fourth-order valence-electron chi connectivity index (χ4n) is 2.58. The summed E-state index contributed by atoms with van der Waals surface area (Å²) in [6, 6.07) is 3.01. The number of carbonyl (C=O) groups excluding carboxylic acids is 2. The molecular formula is C17H21F2NO4. The SMILES string of the molecule is CCOC(=O)CCN(CC1CCCO1)C(=O)c1ccc(F)c(F)c1. The number of ether oxygens (including phenoxy) is 2. The summed E-state index contributed by atoms with van der Waals surface area (Å²) in [6.07, 6.45) is 1.66. The number of nitrogens with zero attached hydrogens (tertiary/aromatic N) is 1. The van der Waals surface area contributed by atoms with Crippen LogP contribution < -0.4 is 0 Å². The summed E-state index contributed by atoms with van der Waals surface area (Å²) in [5, 5.41) is 0. The van der Waals surface area contributed by atoms with E-state index in [9.17, 15) is 18.4 Å². The maximum atomic E-state index is 13.4. The molecule has 0 aromatic heterocycles. The molecule has 1 atom stereocenters. The van der Waals surface area contributed by atoms with Gasteiger partial charge in [0.15, 0.2) is 11.6 Å². The lowest BCUT2D eigenvalue weighted by Gasteiger charge is -2.25. The molecule has 1 heterocycles. The van der Waals surface area contributed by atoms with Gasteiger partial charge in [-0.3, -0.25) is 9.59 Å². The lowest BCUT2D eigenvalue weighted by molar-refractivity contribution is -0.143. The van der Waals surface area contributed by atoms with Crippen LogP contribution in [0.25, 0.3) is 0 Å². The lowest BCUT2D eigenvalue weighted by Crippen LogP contribution is -2.39. The summed E-state index contributed by atoms with van der Waals surface area (Å²) in [5.74, 6) is -2.96. The van der Waals surface area contributed by atoms with Crippen molar-refractivity contribution in [3.8, 4) is 0 Å². The third-order valence-electron chi connectivity index (χ3n) is 3.79. The van der Waals surface area contributed by atoms with Crippen molar-refractivity contribution < 1.29 is 27.8 Å². The minimum Gasteiger partial charge on any atom is -0.466 e. The van der Waals surface area contributed by atoms with Gasteiger partial charge < -0.3 is 14.4 Å². The Bertz CT molecular complexity index is 588. The normalized spacial score (nSPS) is 16.9. The van der Waals surface area contributed by atoms with Gasteiger partial charge in [0.2, 0.25) is 0 Å². The Morgan fingerprint density at radius 2 is 2.12 bits per heavy atom. The Kier molecular flexibility index (Phi) is 6.66. The summed E-state index contributed by atoms with van der Waals surface area (Å²) in [7, 11) is 0. The summed E-state index contributed by atoms with van der Waals surface area (Å²) in [6.45, 7) is 3.04. The van der Waals surface area contributed by atoms with Crippen molar-refractivity contribution in [2.24, 2.45) is 0 Å². The zero-order valence-corrected chi connectivity index (χ0v) is 13.6. The Balaban J connectivity index is 2.08. The fourth-order valence-corrected chi connectivity index (χ4v) is 2.58. The second-order valence-electron chi connectivity index (χ2n) is 5.57. The molecule has 1 aliphatic rings. The molecule has 1 amide bonds. The summed E-state index contributed by atoms with van der Waals surface area (Å²) >= 11 is 0. The van der Waals surface area contributed by atoms with Crippen LogP contribution in [0.1, 0.15) is 36.5 Å². The van der Waals surface area contributed by atoms with Crippen LogP contribution in [-0.2, 0) is 14.3 Å². The van der Waals surface area contributed by atoms with Crippen molar-refractivity contribution in [2.45, 2.75) is 32.3 Å². The molecule has 1 fully saturated rings. The minimum absolute atomic E-state index is 0.0377. The molecule has 1 aliphatic heterocycles. The Labute approximate surface area is 139 Å². The summed E-state index contributed by atoms with van der Waals surface area (Å²) in [4.78, 5) is 25.6. The van der Waals surface area contributed by atoms with Gasteiger partial charge in [0.1, 0.15) is 0 Å². The summed E-state index contributed by atoms with van der Waals surface area (Å²) in [5.41, 5.74) is 0.0377. The third kappa shape index (κ3) is 4.99. The second kappa shape index (κ2) is 8.73. The van der Waals surface area contributed by atoms with Crippen molar-refractivity contribution in [3.05, 3.63) is 35.4 Å². The molecule has 0 spiro atoms. The molecular weight excluding hydrogens is 320 g/mol. The standard InChI is InChI=1S/C17H21F2NO4/c1-2-23-16(21)7-8-20(11-13-4-3-9-24-13)17(22)12-5-6-14(18)15(19)10-12/h5-6,10,13H,2-4,7-9,11H2,1H3. The van der Waals surface area contributed by atoms with E-state index in [-0.39, 0.29) is 31.2 Å². The molecule has 0 bridgehead atoms. The molecule has 2 rings (SSSR count). The van der Waals surface area contributed by atoms with Gasteiger partial charge in [0.25, 0.3) is 5.91 Å². The van der Waals surface area contributed by atoms with E-state index in [2.05, 4.69) is 0 Å². The van der Waals surface area contributed by atoms with Crippen LogP contribution in [0.3, 0.4) is 0 Å². The molecule has 0 radical (unpaired) electrons. The first-order valence-corrected chi connectivity index (χ1v) is 8.02. The van der Waals surface area contributed by atoms with E-state index < -0.39 is 23.5 Å². The minimum atomic E-state index is -1.08. The molecule has 132 valence electrons. The van der Waals surface area contributed by atoms with Gasteiger partial charge in [0.05, 0.1) is 19.1 Å². The molecule has 0 N–H and O–H groups in total. The number of amides is 1. The van der Waals surface area contributed by atoms with Crippen LogP contribution in [0.5, 0.6) is 0 Å². The topological polar surface area (TPSA) is 55.8 Å². The first kappa shape index (κ1) is 18.3. The van der Waals surface area contributed by atoms with E-state index >= 15 is 0 Å². The monoisotopic (exact) mass is 341 g/mol. The van der Waals surface area contributed by atoms with Gasteiger partial charge in [-0.25, -0.2) is 8.78 Å². The number of rotatable bonds is 7. The van der Waals surface area contributed by atoms with Crippen molar-refractivity contribution in [2.75, 3.05) is 26.3 Å². The van der Waals surface area contributed by atoms with Gasteiger partial charge in [-0.15, -0.1) is 0 Å². The Morgan fingerprint density at radius 1 is 1.33 bits per heavy atom. The Morgan fingerprint density at radius 3 is 2.75 bits per heavy atom. The van der Waals surface area contributed by atoms with Crippen LogP contribution in [-0.4, -0.2) is 49.2 Å². The maximum Gasteiger partial charge on any atom is 0.307 e. The highest BCUT2D eigenvalue weighted by Crippen LogP contribution is 2.17. The highest BCUT2D eigenvalue weighted by atomic mass is 19.2. The van der Waals surface area contributed by atoms with Crippen molar-refractivity contribution in [1.82, 2.24) is 4.90 Å². The average Bonchev–Trinajstić information content (AvgIpc) is 3.06. The third-order valence-corrected chi connectivity index (χ3v) is 3.79. The van der Waals surface area contributed by atoms with Crippen molar-refractivity contribution in [3.63, 3.8) is 0 Å². The van der Waals surface area contributed by atoms with E-state index in [1.165, 1.54) is 11.0 Å². The zero-order valence-electron chi connectivity index (χ0n) is 13.6.